The van der Waals surface area contributed by atoms with Gasteiger partial charge in [0.25, 0.3) is 0 Å². The molecule has 2 rings (SSSR count). The van der Waals surface area contributed by atoms with Crippen molar-refractivity contribution >= 4 is 29.1 Å². The minimum atomic E-state index is -0.520. The predicted octanol–water partition coefficient (Wildman–Crippen LogP) is 4.59. The molecule has 0 atom stereocenters. The minimum absolute atomic E-state index is 0.251. The molecule has 0 spiro atoms. The number of hydrogen-bond donors (Lipinski definition) is 1. The number of benzene rings is 1. The van der Waals surface area contributed by atoms with Crippen molar-refractivity contribution in [2.24, 2.45) is 0 Å². The molecule has 0 fully saturated rings. The third-order valence-corrected chi connectivity index (χ3v) is 3.71. The number of anilines is 2. The maximum atomic E-state index is 12.5. The number of halogens is 1. The molecule has 1 amide bonds. The zero-order chi connectivity index (χ0) is 16.0. The maximum Gasteiger partial charge on any atom is 0.414 e. The van der Waals surface area contributed by atoms with Gasteiger partial charge in [0.05, 0.1) is 17.9 Å². The number of amides is 1. The quantitative estimate of drug-likeness (QED) is 0.761. The van der Waals surface area contributed by atoms with Crippen LogP contribution in [0.3, 0.4) is 0 Å². The second-order valence-electron chi connectivity index (χ2n) is 7.14. The van der Waals surface area contributed by atoms with Crippen molar-refractivity contribution in [2.75, 3.05) is 16.8 Å². The van der Waals surface area contributed by atoms with E-state index in [2.05, 4.69) is 5.32 Å². The molecule has 1 aliphatic heterocycles. The van der Waals surface area contributed by atoms with Gasteiger partial charge in [0.1, 0.15) is 5.60 Å². The monoisotopic (exact) mass is 310 g/mol. The molecule has 1 aliphatic rings. The highest BCUT2D eigenvalue weighted by atomic mass is 35.5. The van der Waals surface area contributed by atoms with Crippen LogP contribution >= 0.6 is 11.6 Å². The number of hydrogen-bond acceptors (Lipinski definition) is 3. The average Bonchev–Trinajstić information content (AvgIpc) is 2.30. The molecule has 1 N–H and O–H groups in total. The molecule has 0 unspecified atom stereocenters. The second kappa shape index (κ2) is 5.09. The number of ether oxygens (including phenoxy) is 1. The summed E-state index contributed by atoms with van der Waals surface area (Å²) < 4.78 is 5.52. The predicted molar refractivity (Wildman–Crippen MR) is 87.5 cm³/mol. The number of rotatable bonds is 0. The maximum absolute atomic E-state index is 12.5. The van der Waals surface area contributed by atoms with Crippen LogP contribution in [-0.4, -0.2) is 23.8 Å². The van der Waals surface area contributed by atoms with Crippen LogP contribution in [0.1, 0.15) is 40.2 Å². The fourth-order valence-electron chi connectivity index (χ4n) is 2.39. The Morgan fingerprint density at radius 3 is 2.57 bits per heavy atom. The lowest BCUT2D eigenvalue weighted by atomic mass is 9.98. The number of carbonyl (C=O) groups excluding carboxylic acids is 1. The van der Waals surface area contributed by atoms with Crippen molar-refractivity contribution in [3.63, 3.8) is 0 Å². The molecule has 1 aromatic rings. The first-order valence-corrected chi connectivity index (χ1v) is 7.46. The summed E-state index contributed by atoms with van der Waals surface area (Å²) in [5.41, 5.74) is 1.87. The first-order chi connectivity index (χ1) is 9.50. The topological polar surface area (TPSA) is 41.6 Å². The smallest absolute Gasteiger partial charge is 0.414 e. The molecule has 116 valence electrons. The summed E-state index contributed by atoms with van der Waals surface area (Å²) in [6.45, 7) is 12.2. The number of nitrogens with one attached hydrogen (secondary N) is 1. The van der Waals surface area contributed by atoms with Gasteiger partial charge >= 0.3 is 6.09 Å². The van der Waals surface area contributed by atoms with E-state index >= 15 is 0 Å². The summed E-state index contributed by atoms with van der Waals surface area (Å²) in [7, 11) is 0. The van der Waals surface area contributed by atoms with E-state index in [1.54, 1.807) is 4.90 Å². The lowest BCUT2D eigenvalue weighted by Crippen LogP contribution is -2.52. The standard InChI is InChI=1S/C16H23ClN2O2/c1-10-11(17)7-8-12-13(10)18-16(5,6)9-19(12)14(20)21-15(2,3)4/h7-8,18H,9H2,1-6H3. The summed E-state index contributed by atoms with van der Waals surface area (Å²) in [5.74, 6) is 0. The zero-order valence-corrected chi connectivity index (χ0v) is 14.3. The molecule has 0 aromatic heterocycles. The fraction of sp³-hybridized carbons (Fsp3) is 0.562. The Hall–Kier alpha value is -1.42. The Labute approximate surface area is 131 Å². The molecule has 4 nitrogen and oxygen atoms in total. The summed E-state index contributed by atoms with van der Waals surface area (Å²) in [6, 6.07) is 3.67. The lowest BCUT2D eigenvalue weighted by Gasteiger charge is -2.41. The zero-order valence-electron chi connectivity index (χ0n) is 13.5. The lowest BCUT2D eigenvalue weighted by molar-refractivity contribution is 0.0573. The Bertz CT molecular complexity index is 576. The van der Waals surface area contributed by atoms with Gasteiger partial charge in [-0.3, -0.25) is 4.90 Å². The first-order valence-electron chi connectivity index (χ1n) is 7.08. The van der Waals surface area contributed by atoms with Crippen LogP contribution in [0.25, 0.3) is 0 Å². The summed E-state index contributed by atoms with van der Waals surface area (Å²) in [4.78, 5) is 14.2. The van der Waals surface area contributed by atoms with E-state index in [4.69, 9.17) is 16.3 Å². The Kier molecular flexibility index (Phi) is 3.87. The highest BCUT2D eigenvalue weighted by Crippen LogP contribution is 2.40. The molecule has 0 aliphatic carbocycles. The van der Waals surface area contributed by atoms with Gasteiger partial charge in [0.2, 0.25) is 0 Å². The summed E-state index contributed by atoms with van der Waals surface area (Å²) in [5, 5.41) is 4.14. The van der Waals surface area contributed by atoms with Crippen molar-refractivity contribution in [3.8, 4) is 0 Å². The molecule has 0 bridgehead atoms. The average molecular weight is 311 g/mol. The molecule has 0 radical (unpaired) electrons. The SMILES string of the molecule is Cc1c(Cl)ccc2c1NC(C)(C)CN2C(=O)OC(C)(C)C. The molecule has 1 heterocycles. The largest absolute Gasteiger partial charge is 0.443 e. The van der Waals surface area contributed by atoms with Crippen LogP contribution in [0.4, 0.5) is 16.2 Å². The van der Waals surface area contributed by atoms with E-state index in [1.165, 1.54) is 0 Å². The molecule has 0 saturated heterocycles. The van der Waals surface area contributed by atoms with E-state index < -0.39 is 5.60 Å². The minimum Gasteiger partial charge on any atom is -0.443 e. The van der Waals surface area contributed by atoms with Gasteiger partial charge in [-0.15, -0.1) is 0 Å². The highest BCUT2D eigenvalue weighted by molar-refractivity contribution is 6.32. The van der Waals surface area contributed by atoms with Crippen LogP contribution in [0.5, 0.6) is 0 Å². The van der Waals surface area contributed by atoms with Crippen LogP contribution in [0.2, 0.25) is 5.02 Å². The Balaban J connectivity index is 2.45. The van der Waals surface area contributed by atoms with Crippen molar-refractivity contribution in [3.05, 3.63) is 22.7 Å². The van der Waals surface area contributed by atoms with E-state index in [-0.39, 0.29) is 11.6 Å². The van der Waals surface area contributed by atoms with Gasteiger partial charge in [-0.2, -0.15) is 0 Å². The number of carbonyl (C=O) groups is 1. The van der Waals surface area contributed by atoms with Crippen molar-refractivity contribution < 1.29 is 9.53 Å². The van der Waals surface area contributed by atoms with E-state index in [1.807, 2.05) is 53.7 Å². The van der Waals surface area contributed by atoms with Crippen LogP contribution in [-0.2, 0) is 4.74 Å². The van der Waals surface area contributed by atoms with Gasteiger partial charge in [-0.05, 0) is 59.2 Å². The van der Waals surface area contributed by atoms with Crippen LogP contribution < -0.4 is 10.2 Å². The molecular weight excluding hydrogens is 288 g/mol. The van der Waals surface area contributed by atoms with Gasteiger partial charge in [-0.1, -0.05) is 11.6 Å². The van der Waals surface area contributed by atoms with Crippen molar-refractivity contribution in [1.29, 1.82) is 0 Å². The molecular formula is C16H23ClN2O2. The second-order valence-corrected chi connectivity index (χ2v) is 7.55. The molecule has 0 saturated carbocycles. The van der Waals surface area contributed by atoms with Crippen molar-refractivity contribution in [2.45, 2.75) is 52.7 Å². The Morgan fingerprint density at radius 2 is 2.00 bits per heavy atom. The van der Waals surface area contributed by atoms with Crippen LogP contribution in [0.15, 0.2) is 12.1 Å². The van der Waals surface area contributed by atoms with Gasteiger partial charge in [0.15, 0.2) is 0 Å². The normalized spacial score (nSPS) is 17.0. The summed E-state index contributed by atoms with van der Waals surface area (Å²) in [6.07, 6.45) is -0.333. The van der Waals surface area contributed by atoms with E-state index in [0.29, 0.717) is 11.6 Å². The molecule has 21 heavy (non-hydrogen) atoms. The van der Waals surface area contributed by atoms with Gasteiger partial charge in [0, 0.05) is 10.6 Å². The fourth-order valence-corrected chi connectivity index (χ4v) is 2.55. The third kappa shape index (κ3) is 3.43. The number of fused-ring (bicyclic) bond motifs is 1. The molecule has 5 heteroatoms. The molecule has 1 aromatic carbocycles. The number of nitrogens with zero attached hydrogens (tertiary/aromatic N) is 1. The van der Waals surface area contributed by atoms with E-state index in [0.717, 1.165) is 16.9 Å². The van der Waals surface area contributed by atoms with Crippen molar-refractivity contribution in [1.82, 2.24) is 0 Å². The highest BCUT2D eigenvalue weighted by Gasteiger charge is 2.36. The van der Waals surface area contributed by atoms with Gasteiger partial charge in [-0.25, -0.2) is 4.79 Å². The van der Waals surface area contributed by atoms with E-state index in [9.17, 15) is 4.79 Å². The van der Waals surface area contributed by atoms with Gasteiger partial charge < -0.3 is 10.1 Å². The first kappa shape index (κ1) is 16.0. The summed E-state index contributed by atoms with van der Waals surface area (Å²) >= 11 is 6.20. The Morgan fingerprint density at radius 1 is 1.38 bits per heavy atom. The van der Waals surface area contributed by atoms with Crippen LogP contribution in [0, 0.1) is 6.92 Å². The third-order valence-electron chi connectivity index (χ3n) is 3.30.